The Labute approximate surface area is 211 Å². The first-order valence-corrected chi connectivity index (χ1v) is 12.9. The average Bonchev–Trinajstić information content (AvgIpc) is 3.19. The smallest absolute Gasteiger partial charge is 0.275 e. The molecule has 1 unspecified atom stereocenters. The molecule has 1 aliphatic carbocycles. The topological polar surface area (TPSA) is 63.6 Å². The van der Waals surface area contributed by atoms with Gasteiger partial charge in [0.1, 0.15) is 17.0 Å². The van der Waals surface area contributed by atoms with Gasteiger partial charge in [-0.15, -0.1) is 0 Å². The highest BCUT2D eigenvalue weighted by Crippen LogP contribution is 2.37. The highest BCUT2D eigenvalue weighted by Gasteiger charge is 2.49. The summed E-state index contributed by atoms with van der Waals surface area (Å²) in [6, 6.07) is 14.9. The van der Waals surface area contributed by atoms with E-state index >= 15 is 0 Å². The summed E-state index contributed by atoms with van der Waals surface area (Å²) in [7, 11) is 1.63. The van der Waals surface area contributed by atoms with E-state index in [1.807, 2.05) is 47.9 Å². The van der Waals surface area contributed by atoms with Gasteiger partial charge in [0, 0.05) is 28.2 Å². The number of hydrogen-bond donors (Lipinski definition) is 1. The van der Waals surface area contributed by atoms with Crippen molar-refractivity contribution >= 4 is 40.0 Å². The van der Waals surface area contributed by atoms with Crippen LogP contribution >= 0.6 is 11.6 Å². The van der Waals surface area contributed by atoms with Crippen molar-refractivity contribution in [2.75, 3.05) is 12.0 Å². The second kappa shape index (κ2) is 9.57. The number of carbonyl (C=O) groups excluding carboxylic acids is 2. The van der Waals surface area contributed by atoms with E-state index in [2.05, 4.69) is 5.32 Å². The number of ether oxygens (including phenoxy) is 1. The monoisotopic (exact) mass is 493 g/mol. The zero-order valence-corrected chi connectivity index (χ0v) is 21.1. The zero-order chi connectivity index (χ0) is 24.6. The van der Waals surface area contributed by atoms with Gasteiger partial charge in [0.15, 0.2) is 0 Å². The van der Waals surface area contributed by atoms with Crippen molar-refractivity contribution < 1.29 is 14.3 Å². The van der Waals surface area contributed by atoms with Crippen molar-refractivity contribution in [3.63, 3.8) is 0 Å². The minimum Gasteiger partial charge on any atom is -0.497 e. The van der Waals surface area contributed by atoms with Gasteiger partial charge >= 0.3 is 0 Å². The van der Waals surface area contributed by atoms with E-state index in [9.17, 15) is 9.59 Å². The first-order valence-electron chi connectivity index (χ1n) is 12.5. The van der Waals surface area contributed by atoms with Gasteiger partial charge in [0.2, 0.25) is 5.91 Å². The molecule has 0 saturated heterocycles. The maximum Gasteiger partial charge on any atom is 0.275 e. The number of amides is 2. The number of rotatable bonds is 4. The van der Waals surface area contributed by atoms with Gasteiger partial charge in [0.25, 0.3) is 5.91 Å². The average molecular weight is 494 g/mol. The minimum atomic E-state index is -1.12. The number of hydrogen-bond acceptors (Lipinski definition) is 3. The van der Waals surface area contributed by atoms with Crippen LogP contribution in [0, 0.1) is 0 Å². The van der Waals surface area contributed by atoms with Crippen LogP contribution in [0.5, 0.6) is 5.75 Å². The number of nitrogens with one attached hydrogen (secondary N) is 1. The molecule has 2 aromatic carbocycles. The van der Waals surface area contributed by atoms with Gasteiger partial charge in [-0.05, 0) is 62.2 Å². The first kappa shape index (κ1) is 23.7. The van der Waals surface area contributed by atoms with Crippen LogP contribution in [0.2, 0.25) is 5.02 Å². The van der Waals surface area contributed by atoms with E-state index in [0.29, 0.717) is 28.7 Å². The predicted octanol–water partition coefficient (Wildman–Crippen LogP) is 5.95. The largest absolute Gasteiger partial charge is 0.497 e. The van der Waals surface area contributed by atoms with E-state index in [4.69, 9.17) is 16.3 Å². The maximum absolute atomic E-state index is 14.0. The third kappa shape index (κ3) is 4.40. The molecule has 6 nitrogen and oxygen atoms in total. The fourth-order valence-corrected chi connectivity index (χ4v) is 5.66. The SMILES string of the molecule is COc1ccc2cc3n(c2c1)CC(C)(C(=O)NC1CCCCCCC1)N(c1ccc(Cl)cc1)C3=O. The first-order chi connectivity index (χ1) is 16.9. The van der Waals surface area contributed by atoms with E-state index in [1.54, 1.807) is 24.1 Å². The Morgan fingerprint density at radius 2 is 1.71 bits per heavy atom. The molecule has 184 valence electrons. The van der Waals surface area contributed by atoms with Crippen LogP contribution in [0.1, 0.15) is 62.4 Å². The van der Waals surface area contributed by atoms with Crippen LogP contribution in [-0.4, -0.2) is 35.1 Å². The van der Waals surface area contributed by atoms with E-state index in [0.717, 1.165) is 36.6 Å². The molecule has 1 N–H and O–H groups in total. The van der Waals surface area contributed by atoms with E-state index < -0.39 is 5.54 Å². The highest BCUT2D eigenvalue weighted by atomic mass is 35.5. The number of fused-ring (bicyclic) bond motifs is 3. The van der Waals surface area contributed by atoms with Crippen molar-refractivity contribution in [1.82, 2.24) is 9.88 Å². The number of carbonyl (C=O) groups is 2. The second-order valence-corrected chi connectivity index (χ2v) is 10.4. The number of aromatic nitrogens is 1. The molecule has 3 aromatic rings. The molecule has 2 heterocycles. The summed E-state index contributed by atoms with van der Waals surface area (Å²) >= 11 is 6.14. The Hall–Kier alpha value is -2.99. The van der Waals surface area contributed by atoms with Crippen molar-refractivity contribution in [2.24, 2.45) is 0 Å². The fraction of sp³-hybridized carbons (Fsp3) is 0.429. The lowest BCUT2D eigenvalue weighted by molar-refractivity contribution is -0.127. The van der Waals surface area contributed by atoms with Crippen molar-refractivity contribution in [2.45, 2.75) is 70.0 Å². The summed E-state index contributed by atoms with van der Waals surface area (Å²) in [4.78, 5) is 29.6. The van der Waals surface area contributed by atoms with Crippen LogP contribution in [0.15, 0.2) is 48.5 Å². The van der Waals surface area contributed by atoms with Crippen molar-refractivity contribution in [3.05, 3.63) is 59.2 Å². The molecule has 1 aliphatic heterocycles. The standard InChI is InChI=1S/C28H32ClN3O3/c1-28(27(34)30-21-8-6-4-3-5-7-9-21)18-31-24-17-23(35-2)15-10-19(24)16-25(31)26(33)32(28)22-13-11-20(29)12-14-22/h10-17,21H,3-9,18H2,1-2H3,(H,30,34). The lowest BCUT2D eigenvalue weighted by Gasteiger charge is -2.44. The summed E-state index contributed by atoms with van der Waals surface area (Å²) in [6.45, 7) is 2.21. The number of benzene rings is 2. The molecule has 7 heteroatoms. The molecular formula is C28H32ClN3O3. The normalized spacial score (nSPS) is 21.3. The van der Waals surface area contributed by atoms with Crippen molar-refractivity contribution in [1.29, 1.82) is 0 Å². The quantitative estimate of drug-likeness (QED) is 0.488. The van der Waals surface area contributed by atoms with Gasteiger partial charge in [-0.2, -0.15) is 0 Å². The molecule has 1 atom stereocenters. The van der Waals surface area contributed by atoms with Gasteiger partial charge in [-0.1, -0.05) is 43.7 Å². The number of nitrogens with zero attached hydrogens (tertiary/aromatic N) is 2. The lowest BCUT2D eigenvalue weighted by atomic mass is 9.91. The molecule has 0 spiro atoms. The van der Waals surface area contributed by atoms with Crippen LogP contribution in [0.4, 0.5) is 5.69 Å². The molecule has 0 bridgehead atoms. The second-order valence-electron chi connectivity index (χ2n) is 9.95. The molecule has 1 saturated carbocycles. The fourth-order valence-electron chi connectivity index (χ4n) is 5.53. The molecule has 1 aromatic heterocycles. The molecule has 2 amide bonds. The summed E-state index contributed by atoms with van der Waals surface area (Å²) in [5.74, 6) is 0.387. The summed E-state index contributed by atoms with van der Waals surface area (Å²) in [5, 5.41) is 4.85. The maximum atomic E-state index is 14.0. The summed E-state index contributed by atoms with van der Waals surface area (Å²) in [6.07, 6.45) is 7.88. The van der Waals surface area contributed by atoms with Crippen LogP contribution < -0.4 is 15.0 Å². The third-order valence-electron chi connectivity index (χ3n) is 7.51. The van der Waals surface area contributed by atoms with Gasteiger partial charge in [-0.3, -0.25) is 14.5 Å². The molecular weight excluding hydrogens is 462 g/mol. The van der Waals surface area contributed by atoms with E-state index in [-0.39, 0.29) is 17.9 Å². The molecule has 1 fully saturated rings. The molecule has 35 heavy (non-hydrogen) atoms. The predicted molar refractivity (Wildman–Crippen MR) is 139 cm³/mol. The summed E-state index contributed by atoms with van der Waals surface area (Å²) < 4.78 is 7.40. The zero-order valence-electron chi connectivity index (χ0n) is 20.4. The Morgan fingerprint density at radius 1 is 1.03 bits per heavy atom. The van der Waals surface area contributed by atoms with Crippen LogP contribution in [-0.2, 0) is 11.3 Å². The van der Waals surface area contributed by atoms with Gasteiger partial charge in [-0.25, -0.2) is 0 Å². The van der Waals surface area contributed by atoms with Gasteiger partial charge in [0.05, 0.1) is 19.2 Å². The third-order valence-corrected chi connectivity index (χ3v) is 7.76. The summed E-state index contributed by atoms with van der Waals surface area (Å²) in [5.41, 5.74) is 0.978. The van der Waals surface area contributed by atoms with E-state index in [1.165, 1.54) is 19.3 Å². The highest BCUT2D eigenvalue weighted by molar-refractivity contribution is 6.30. The van der Waals surface area contributed by atoms with Crippen molar-refractivity contribution in [3.8, 4) is 5.75 Å². The van der Waals surface area contributed by atoms with Crippen LogP contribution in [0.3, 0.4) is 0 Å². The number of halogens is 1. The minimum absolute atomic E-state index is 0.123. The molecule has 5 rings (SSSR count). The Kier molecular flexibility index (Phi) is 6.49. The Bertz CT molecular complexity index is 1240. The van der Waals surface area contributed by atoms with Crippen LogP contribution in [0.25, 0.3) is 10.9 Å². The number of anilines is 1. The Balaban J connectivity index is 1.58. The van der Waals surface area contributed by atoms with Gasteiger partial charge < -0.3 is 14.6 Å². The number of methoxy groups -OCH3 is 1. The molecule has 2 aliphatic rings. The molecule has 0 radical (unpaired) electrons. The Morgan fingerprint density at radius 3 is 2.40 bits per heavy atom. The lowest BCUT2D eigenvalue weighted by Crippen LogP contribution is -2.65.